The van der Waals surface area contributed by atoms with E-state index in [1.807, 2.05) is 9.95 Å². The van der Waals surface area contributed by atoms with Crippen LogP contribution >= 0.6 is 23.6 Å². The first kappa shape index (κ1) is 18.7. The molecule has 140 valence electrons. The lowest BCUT2D eigenvalue weighted by Crippen LogP contribution is -2.32. The molecule has 0 aliphatic carbocycles. The number of nitrogens with one attached hydrogen (secondary N) is 3. The van der Waals surface area contributed by atoms with E-state index in [-0.39, 0.29) is 18.2 Å². The molecule has 0 atom stereocenters. The summed E-state index contributed by atoms with van der Waals surface area (Å²) in [6, 6.07) is 3.11. The van der Waals surface area contributed by atoms with Gasteiger partial charge in [0.15, 0.2) is 15.7 Å². The van der Waals surface area contributed by atoms with Gasteiger partial charge in [0.25, 0.3) is 5.91 Å². The monoisotopic (exact) mass is 404 g/mol. The molecular weight excluding hydrogens is 388 g/mol. The minimum atomic E-state index is -0.458. The molecule has 3 rings (SSSR count). The zero-order valence-corrected chi connectivity index (χ0v) is 15.7. The van der Waals surface area contributed by atoms with Crippen LogP contribution in [0.15, 0.2) is 40.8 Å². The molecule has 0 aromatic carbocycles. The second-order valence-electron chi connectivity index (χ2n) is 5.37. The van der Waals surface area contributed by atoms with Crippen molar-refractivity contribution in [3.8, 4) is 0 Å². The molecule has 0 fully saturated rings. The summed E-state index contributed by atoms with van der Waals surface area (Å²) >= 11 is 6.46. The molecule has 0 bridgehead atoms. The average molecular weight is 404 g/mol. The van der Waals surface area contributed by atoms with Crippen molar-refractivity contribution in [2.45, 2.75) is 13.0 Å². The molecule has 9 nitrogen and oxygen atoms in total. The first-order valence-corrected chi connectivity index (χ1v) is 9.16. The highest BCUT2D eigenvalue weighted by Gasteiger charge is 2.13. The molecule has 27 heavy (non-hydrogen) atoms. The third kappa shape index (κ3) is 4.77. The van der Waals surface area contributed by atoms with Crippen LogP contribution < -0.4 is 10.6 Å². The van der Waals surface area contributed by atoms with Crippen LogP contribution in [0.2, 0.25) is 0 Å². The summed E-state index contributed by atoms with van der Waals surface area (Å²) in [7, 11) is 0. The number of amides is 2. The number of anilines is 1. The second kappa shape index (κ2) is 8.56. The van der Waals surface area contributed by atoms with Crippen LogP contribution in [0.25, 0.3) is 0 Å². The van der Waals surface area contributed by atoms with E-state index < -0.39 is 5.91 Å². The van der Waals surface area contributed by atoms with Gasteiger partial charge in [-0.15, -0.1) is 17.9 Å². The van der Waals surface area contributed by atoms with Crippen molar-refractivity contribution in [3.05, 3.63) is 58.5 Å². The van der Waals surface area contributed by atoms with Crippen molar-refractivity contribution < 1.29 is 14.0 Å². The van der Waals surface area contributed by atoms with Gasteiger partial charge in [-0.1, -0.05) is 6.08 Å². The number of rotatable bonds is 8. The van der Waals surface area contributed by atoms with E-state index in [2.05, 4.69) is 32.4 Å². The van der Waals surface area contributed by atoms with Crippen LogP contribution in [0.1, 0.15) is 22.1 Å². The lowest BCUT2D eigenvalue weighted by molar-refractivity contribution is -0.115. The van der Waals surface area contributed by atoms with Crippen molar-refractivity contribution in [3.63, 3.8) is 0 Å². The average Bonchev–Trinajstić information content (AvgIpc) is 3.38. The lowest BCUT2D eigenvalue weighted by Gasteiger charge is -2.03. The SMILES string of the molecule is C=CCn1c(Cc2csc(NC(=O)CNC(=O)c3ccco3)n2)n[nH]c1=S. The van der Waals surface area contributed by atoms with Gasteiger partial charge in [0, 0.05) is 11.9 Å². The normalized spacial score (nSPS) is 10.5. The molecule has 0 aliphatic rings. The Balaban J connectivity index is 1.55. The predicted octanol–water partition coefficient (Wildman–Crippen LogP) is 2.14. The number of aromatic nitrogens is 4. The molecule has 0 spiro atoms. The minimum Gasteiger partial charge on any atom is -0.459 e. The van der Waals surface area contributed by atoms with Gasteiger partial charge in [0.2, 0.25) is 5.91 Å². The number of aromatic amines is 1. The fourth-order valence-electron chi connectivity index (χ4n) is 2.23. The zero-order valence-electron chi connectivity index (χ0n) is 14.1. The largest absolute Gasteiger partial charge is 0.459 e. The number of hydrogen-bond donors (Lipinski definition) is 3. The summed E-state index contributed by atoms with van der Waals surface area (Å²) in [4.78, 5) is 28.1. The molecular formula is C16H16N6O3S2. The van der Waals surface area contributed by atoms with Crippen LogP contribution in [0, 0.1) is 4.77 Å². The van der Waals surface area contributed by atoms with Gasteiger partial charge >= 0.3 is 0 Å². The Bertz CT molecular complexity index is 1000. The van der Waals surface area contributed by atoms with E-state index in [1.165, 1.54) is 23.7 Å². The standard InChI is InChI=1S/C16H16N6O3S2/c1-2-5-22-12(20-21-16(22)26)7-10-9-27-15(18-10)19-13(23)8-17-14(24)11-4-3-6-25-11/h2-4,6,9H,1,5,7-8H2,(H,17,24)(H,21,26)(H,18,19,23). The van der Waals surface area contributed by atoms with Crippen molar-refractivity contribution >= 4 is 40.5 Å². The second-order valence-corrected chi connectivity index (χ2v) is 6.62. The van der Waals surface area contributed by atoms with Gasteiger partial charge in [-0.25, -0.2) is 4.98 Å². The Labute approximate surface area is 163 Å². The van der Waals surface area contributed by atoms with Crippen LogP contribution in [-0.4, -0.2) is 38.1 Å². The Morgan fingerprint density at radius 3 is 3.07 bits per heavy atom. The Kier molecular flexibility index (Phi) is 5.94. The van der Waals surface area contributed by atoms with E-state index in [0.717, 1.165) is 11.5 Å². The van der Waals surface area contributed by atoms with Gasteiger partial charge in [0.05, 0.1) is 24.9 Å². The first-order valence-electron chi connectivity index (χ1n) is 7.87. The van der Waals surface area contributed by atoms with E-state index in [1.54, 1.807) is 12.1 Å². The number of carbonyl (C=O) groups is 2. The summed E-state index contributed by atoms with van der Waals surface area (Å²) in [5.41, 5.74) is 0.745. The Hall–Kier alpha value is -3.05. The smallest absolute Gasteiger partial charge is 0.287 e. The Morgan fingerprint density at radius 2 is 2.33 bits per heavy atom. The van der Waals surface area contributed by atoms with Crippen molar-refractivity contribution in [2.24, 2.45) is 0 Å². The van der Waals surface area contributed by atoms with Gasteiger partial charge < -0.3 is 15.1 Å². The molecule has 3 aromatic rings. The number of furan rings is 1. The third-order valence-corrected chi connectivity index (χ3v) is 4.56. The number of thiazole rings is 1. The fourth-order valence-corrected chi connectivity index (χ4v) is 3.18. The maximum absolute atomic E-state index is 12.0. The predicted molar refractivity (Wildman–Crippen MR) is 102 cm³/mol. The number of carbonyl (C=O) groups excluding carboxylic acids is 2. The van der Waals surface area contributed by atoms with E-state index in [4.69, 9.17) is 16.6 Å². The van der Waals surface area contributed by atoms with E-state index >= 15 is 0 Å². The number of H-pyrrole nitrogens is 1. The highest BCUT2D eigenvalue weighted by Crippen LogP contribution is 2.17. The Morgan fingerprint density at radius 1 is 1.48 bits per heavy atom. The van der Waals surface area contributed by atoms with Gasteiger partial charge in [-0.05, 0) is 24.4 Å². The molecule has 3 N–H and O–H groups in total. The molecule has 3 aromatic heterocycles. The fraction of sp³-hybridized carbons (Fsp3) is 0.188. The number of allylic oxidation sites excluding steroid dienone is 1. The maximum atomic E-state index is 12.0. The highest BCUT2D eigenvalue weighted by molar-refractivity contribution is 7.71. The summed E-state index contributed by atoms with van der Waals surface area (Å²) < 4.78 is 7.29. The molecule has 0 unspecified atom stereocenters. The molecule has 0 saturated carbocycles. The van der Waals surface area contributed by atoms with Crippen LogP contribution in [0.4, 0.5) is 5.13 Å². The van der Waals surface area contributed by atoms with Crippen LogP contribution in [0.3, 0.4) is 0 Å². The summed E-state index contributed by atoms with van der Waals surface area (Å²) in [6.45, 7) is 4.06. The topological polar surface area (TPSA) is 118 Å². The van der Waals surface area contributed by atoms with Gasteiger partial charge in [0.1, 0.15) is 5.82 Å². The molecule has 2 amide bonds. The summed E-state index contributed by atoms with van der Waals surface area (Å²) in [5, 5.41) is 14.3. The number of nitrogens with zero attached hydrogens (tertiary/aromatic N) is 3. The van der Waals surface area contributed by atoms with Crippen molar-refractivity contribution in [1.82, 2.24) is 25.1 Å². The van der Waals surface area contributed by atoms with E-state index in [9.17, 15) is 9.59 Å². The molecule has 3 heterocycles. The summed E-state index contributed by atoms with van der Waals surface area (Å²) in [5.74, 6) is 0.0335. The first-order chi connectivity index (χ1) is 13.1. The highest BCUT2D eigenvalue weighted by atomic mass is 32.1. The van der Waals surface area contributed by atoms with E-state index in [0.29, 0.717) is 22.9 Å². The number of hydrogen-bond acceptors (Lipinski definition) is 7. The molecule has 0 aliphatic heterocycles. The molecule has 0 saturated heterocycles. The quantitative estimate of drug-likeness (QED) is 0.391. The minimum absolute atomic E-state index is 0.146. The summed E-state index contributed by atoms with van der Waals surface area (Å²) in [6.07, 6.45) is 3.58. The zero-order chi connectivity index (χ0) is 19.2. The van der Waals surface area contributed by atoms with Crippen molar-refractivity contribution in [2.75, 3.05) is 11.9 Å². The molecule has 11 heteroatoms. The third-order valence-electron chi connectivity index (χ3n) is 3.44. The lowest BCUT2D eigenvalue weighted by atomic mass is 10.3. The van der Waals surface area contributed by atoms with Gasteiger partial charge in [-0.3, -0.25) is 19.3 Å². The van der Waals surface area contributed by atoms with Crippen LogP contribution in [0.5, 0.6) is 0 Å². The van der Waals surface area contributed by atoms with Crippen molar-refractivity contribution in [1.29, 1.82) is 0 Å². The van der Waals surface area contributed by atoms with Crippen LogP contribution in [-0.2, 0) is 17.8 Å². The molecule has 0 radical (unpaired) electrons. The van der Waals surface area contributed by atoms with Gasteiger partial charge in [-0.2, -0.15) is 5.10 Å². The maximum Gasteiger partial charge on any atom is 0.287 e.